The van der Waals surface area contributed by atoms with Crippen molar-refractivity contribution in [1.82, 2.24) is 97.9 Å². The van der Waals surface area contributed by atoms with Crippen LogP contribution in [-0.4, -0.2) is 306 Å². The quantitative estimate of drug-likeness (QED) is 0.0191. The van der Waals surface area contributed by atoms with E-state index in [1.165, 1.54) is 98.2 Å². The molecule has 2 aromatic heterocycles. The average molecular weight is 1910 g/mol. The number of allylic oxidation sites excluding steroid dienone is 1. The highest BCUT2D eigenvalue weighted by molar-refractivity contribution is 8.00. The number of fused-ring (bicyclic) bond motifs is 4. The van der Waals surface area contributed by atoms with E-state index in [1.54, 1.807) is 24.7 Å². The molecule has 0 bridgehead atoms. The molecule has 22 N–H and O–H groups in total. The van der Waals surface area contributed by atoms with Crippen LogP contribution in [0.4, 0.5) is 5.69 Å². The summed E-state index contributed by atoms with van der Waals surface area (Å²) in [6.07, 6.45) is 9.55. The molecular formula is C91H128N24O18S2. The monoisotopic (exact) mass is 1910 g/mol. The number of carbonyl (C=O) groups is 17. The summed E-state index contributed by atoms with van der Waals surface area (Å²) in [6.45, 7) is 7.39. The van der Waals surface area contributed by atoms with Crippen LogP contribution in [0.1, 0.15) is 146 Å². The highest BCUT2D eigenvalue weighted by Crippen LogP contribution is 2.34. The number of amides is 17. The largest absolute Gasteiger partial charge is 0.508 e. The van der Waals surface area contributed by atoms with Crippen molar-refractivity contribution in [3.8, 4) is 5.75 Å². The molecule has 1 unspecified atom stereocenters. The summed E-state index contributed by atoms with van der Waals surface area (Å²) in [7, 11) is 4.00. The number of nitrogens with one attached hydrogen (secondary N) is 15. The number of aromatic hydroxyl groups is 1. The third-order valence-corrected chi connectivity index (χ3v) is 26.0. The molecule has 732 valence electrons. The number of phenolic OH excluding ortho intramolecular Hbond substituents is 1. The number of rotatable bonds is 25. The molecule has 0 spiro atoms. The number of carbonyl (C=O) groups excluding carboxylic acids is 17. The third-order valence-electron chi connectivity index (χ3n) is 24.3. The van der Waals surface area contributed by atoms with Gasteiger partial charge in [-0.1, -0.05) is 88.2 Å². The summed E-state index contributed by atoms with van der Waals surface area (Å²) >= 11 is 2.11. The van der Waals surface area contributed by atoms with E-state index in [0.717, 1.165) is 27.1 Å². The number of para-hydroxylation sites is 2. The minimum Gasteiger partial charge on any atom is -0.508 e. The van der Waals surface area contributed by atoms with Gasteiger partial charge in [-0.05, 0) is 143 Å². The summed E-state index contributed by atoms with van der Waals surface area (Å²) in [5.74, 6) is -16.9. The third kappa shape index (κ3) is 29.9. The average Bonchev–Trinajstić information content (AvgIpc) is 1.76. The van der Waals surface area contributed by atoms with Gasteiger partial charge in [-0.2, -0.15) is 11.8 Å². The molecule has 4 aliphatic rings. The highest BCUT2D eigenvalue weighted by atomic mass is 32.2. The molecule has 3 saturated heterocycles. The number of anilines is 1. The minimum absolute atomic E-state index is 0.0000137. The number of nitrogens with zero attached hydrogens (tertiary/aromatic N) is 6. The van der Waals surface area contributed by atoms with E-state index in [-0.39, 0.29) is 114 Å². The molecule has 44 heteroatoms. The second-order valence-electron chi connectivity index (χ2n) is 34.8. The van der Waals surface area contributed by atoms with Crippen molar-refractivity contribution in [2.24, 2.45) is 23.1 Å². The number of primary amides is 2. The maximum absolute atomic E-state index is 15.8. The Labute approximate surface area is 791 Å². The zero-order valence-corrected chi connectivity index (χ0v) is 79.1. The molecule has 0 saturated carbocycles. The fourth-order valence-electron chi connectivity index (χ4n) is 16.8. The lowest BCUT2D eigenvalue weighted by atomic mass is 9.88. The van der Waals surface area contributed by atoms with Crippen LogP contribution in [0.3, 0.4) is 0 Å². The first-order chi connectivity index (χ1) is 64.4. The molecule has 3 fully saturated rings. The summed E-state index contributed by atoms with van der Waals surface area (Å²) in [4.78, 5) is 267. The molecule has 0 radical (unpaired) electrons. The smallest absolute Gasteiger partial charge is 0.246 e. The number of unbranched alkanes of at least 4 members (excludes halogenated alkanes) is 1. The molecule has 6 heterocycles. The Morgan fingerprint density at radius 3 is 1.86 bits per heavy atom. The van der Waals surface area contributed by atoms with Gasteiger partial charge in [-0.3, -0.25) is 86.9 Å². The SMILES string of the molecule is CCCC[C@H]1C(=O)N(C)[C@@H](CCSC)C(=O)N[C@@H](CCCNC(=N)N)C(=O)NC(C(=O)NCC(N)=O)CSCC(=O)N[C@@H](Cc2ccc(O)cc2)C(=O)N(C)[C@@H](C)C(=O)N[C@@H](CC(N)=O)C(=O)N2CCC[C@H]2C(=O)N[C@@H](Cc2cnc[nH]2)C(=O)N[C@@H](CC(C)C)C(=O)N2CCC[C@H]2C(=O)N[C@@H](C[C@H]2C=CNc3ccccc32)C(=O)N[C@@H](C)C(=O)N[C@@H](Cc2c[nH]c3ccccc23)C(=O)N1C. The van der Waals surface area contributed by atoms with E-state index in [2.05, 4.69) is 78.8 Å². The van der Waals surface area contributed by atoms with E-state index >= 15 is 38.4 Å². The van der Waals surface area contributed by atoms with Crippen LogP contribution < -0.4 is 81.0 Å². The van der Waals surface area contributed by atoms with Crippen LogP contribution in [-0.2, 0) is 101 Å². The van der Waals surface area contributed by atoms with E-state index in [4.69, 9.17) is 22.6 Å². The molecular weight excluding hydrogens is 1780 g/mol. The van der Waals surface area contributed by atoms with Crippen LogP contribution in [0.25, 0.3) is 10.9 Å². The summed E-state index contributed by atoms with van der Waals surface area (Å²) in [6, 6.07) is -0.209. The molecule has 15 atom stereocenters. The number of likely N-dealkylation sites (N-methyl/N-ethyl adjacent to an activating group) is 3. The molecule has 9 rings (SSSR count). The number of hydrogen-bond acceptors (Lipinski definition) is 23. The summed E-state index contributed by atoms with van der Waals surface area (Å²) in [5, 5.41) is 51.8. The fourth-order valence-corrected chi connectivity index (χ4v) is 18.1. The number of benzene rings is 3. The topological polar surface area (TPSA) is 617 Å². The van der Waals surface area contributed by atoms with Crippen LogP contribution >= 0.6 is 23.5 Å². The number of guanidine groups is 1. The number of aromatic amines is 2. The van der Waals surface area contributed by atoms with Gasteiger partial charge in [0, 0.05) is 106 Å². The lowest BCUT2D eigenvalue weighted by molar-refractivity contribution is -0.149. The van der Waals surface area contributed by atoms with E-state index in [0.29, 0.717) is 52.7 Å². The molecule has 3 aromatic carbocycles. The lowest BCUT2D eigenvalue weighted by Gasteiger charge is -2.36. The maximum Gasteiger partial charge on any atom is 0.246 e. The molecule has 17 amide bonds. The van der Waals surface area contributed by atoms with Gasteiger partial charge in [0.1, 0.15) is 90.3 Å². The van der Waals surface area contributed by atoms with Gasteiger partial charge in [0.05, 0.1) is 25.0 Å². The van der Waals surface area contributed by atoms with Crippen molar-refractivity contribution < 1.29 is 86.6 Å². The van der Waals surface area contributed by atoms with Gasteiger partial charge in [-0.25, -0.2) is 4.98 Å². The number of thioether (sulfide) groups is 2. The zero-order chi connectivity index (χ0) is 98.4. The van der Waals surface area contributed by atoms with E-state index < -0.39 is 221 Å². The van der Waals surface area contributed by atoms with Gasteiger partial charge in [-0.15, -0.1) is 11.8 Å². The zero-order valence-electron chi connectivity index (χ0n) is 77.4. The minimum atomic E-state index is -1.76. The van der Waals surface area contributed by atoms with Crippen molar-refractivity contribution >= 4 is 146 Å². The number of aromatic nitrogens is 3. The van der Waals surface area contributed by atoms with Crippen LogP contribution in [0.15, 0.2) is 104 Å². The Bertz CT molecular complexity index is 5100. The first kappa shape index (κ1) is 105. The highest BCUT2D eigenvalue weighted by Gasteiger charge is 2.46. The second kappa shape index (κ2) is 50.7. The first-order valence-electron chi connectivity index (χ1n) is 45.3. The molecule has 0 aliphatic carbocycles. The first-order valence-corrected chi connectivity index (χ1v) is 47.9. The number of nitrogens with two attached hydrogens (primary N) is 3. The second-order valence-corrected chi connectivity index (χ2v) is 36.8. The summed E-state index contributed by atoms with van der Waals surface area (Å²) in [5.41, 5.74) is 20.3. The van der Waals surface area contributed by atoms with Crippen LogP contribution in [0.2, 0.25) is 0 Å². The van der Waals surface area contributed by atoms with Gasteiger partial charge in [0.15, 0.2) is 5.96 Å². The van der Waals surface area contributed by atoms with Crippen molar-refractivity contribution in [2.75, 3.05) is 76.2 Å². The van der Waals surface area contributed by atoms with Gasteiger partial charge >= 0.3 is 0 Å². The van der Waals surface area contributed by atoms with E-state index in [1.807, 2.05) is 69.3 Å². The number of hydrogen-bond donors (Lipinski definition) is 19. The van der Waals surface area contributed by atoms with Crippen LogP contribution in [0.5, 0.6) is 5.75 Å². The normalized spacial score (nSPS) is 25.0. The lowest BCUT2D eigenvalue weighted by Crippen LogP contribution is -2.61. The fraction of sp³-hybridized carbons (Fsp3) is 0.527. The predicted octanol–water partition coefficient (Wildman–Crippen LogP) is -0.920. The van der Waals surface area contributed by atoms with Crippen molar-refractivity contribution in [3.05, 3.63) is 126 Å². The maximum atomic E-state index is 15.8. The van der Waals surface area contributed by atoms with Crippen molar-refractivity contribution in [1.29, 1.82) is 5.41 Å². The number of imidazole rings is 1. The molecule has 4 aliphatic heterocycles. The Morgan fingerprint density at radius 2 is 1.21 bits per heavy atom. The number of H-pyrrole nitrogens is 2. The van der Waals surface area contributed by atoms with Gasteiger partial charge in [0.2, 0.25) is 100 Å². The van der Waals surface area contributed by atoms with Crippen molar-refractivity contribution in [3.63, 3.8) is 0 Å². The predicted molar refractivity (Wildman–Crippen MR) is 505 cm³/mol. The Morgan fingerprint density at radius 1 is 0.600 bits per heavy atom. The standard InChI is InChI=1S/C91H128N24O18S2/c1-10-11-24-73-90(133)112(7)70(32-37-134-9)83(126)104-62(23-16-33-98-91(94)95)80(123)110-69(79(122)100-46-75(93)118)47-135-48-76(119)103-66(39-53-27-29-57(116)30-28-53)86(129)111(6)52(5)78(121)108-68(43-74(92)117)89(132)115-36-18-26-72(115)85(128)106-64(42-56-45-96-49-101-56)82(125)109-65(38-50(2)3)88(131)114-35-17-25-71(114)84(127)105-63(40-54-31-34-97-60-21-14-12-19-58(54)60)81(124)102-51(4)77(120)107-67(87(130)113(73)8)41-55-44-99-61-22-15-13-20-59(55)61/h12-15,19-22,27-31,34,44-45,49-52,54,62-73,97,99,116H,10-11,16-18,23-26,32-33,35-43,46-48H2,1-9H3,(H2,92,117)(H2,93,118)(H,96,101)(H,100,122)(H,102,124)(H,103,119)(H,104,126)(H,105,127)(H,106,128)(H,107,120)(H,108,121)(H,109,125)(H,110,123)(H4,94,95,98)/t51-,52-,54+,62-,63-,64-,65-,66-,67-,68-,69?,70-,71-,72-,73-/m0/s1. The Balaban J connectivity index is 1.09. The molecule has 135 heavy (non-hydrogen) atoms. The van der Waals surface area contributed by atoms with Crippen molar-refractivity contribution in [2.45, 2.75) is 228 Å². The van der Waals surface area contributed by atoms with Gasteiger partial charge in [0.25, 0.3) is 0 Å². The van der Waals surface area contributed by atoms with E-state index in [9.17, 15) is 48.3 Å². The summed E-state index contributed by atoms with van der Waals surface area (Å²) < 4.78 is 0. The number of phenols is 1. The van der Waals surface area contributed by atoms with Gasteiger partial charge < -0.3 is 121 Å². The Kier molecular flexibility index (Phi) is 39.6. The molecule has 5 aromatic rings. The molecule has 42 nitrogen and oxygen atoms in total. The van der Waals surface area contributed by atoms with Crippen LogP contribution in [0, 0.1) is 11.3 Å². The Hall–Kier alpha value is -13.3.